The first-order valence-corrected chi connectivity index (χ1v) is 6.54. The van der Waals surface area contributed by atoms with Gasteiger partial charge in [0.2, 0.25) is 5.91 Å². The molecule has 0 aromatic heterocycles. The lowest BCUT2D eigenvalue weighted by atomic mass is 9.84. The summed E-state index contributed by atoms with van der Waals surface area (Å²) in [6, 6.07) is 0.140. The van der Waals surface area contributed by atoms with Gasteiger partial charge in [-0.25, -0.2) is 0 Å². The molecule has 0 spiro atoms. The zero-order valence-corrected chi connectivity index (χ0v) is 11.3. The molecule has 0 saturated carbocycles. The first-order valence-electron chi connectivity index (χ1n) is 6.54. The molecule has 1 heterocycles. The van der Waals surface area contributed by atoms with Crippen molar-refractivity contribution in [1.82, 2.24) is 5.32 Å². The molecule has 0 aromatic carbocycles. The smallest absolute Gasteiger partial charge is 0.222 e. The van der Waals surface area contributed by atoms with Gasteiger partial charge in [0.05, 0.1) is 12.5 Å². The fourth-order valence-corrected chi connectivity index (χ4v) is 2.15. The number of hydrogen-bond donors (Lipinski definition) is 2. The van der Waals surface area contributed by atoms with Crippen LogP contribution in [-0.2, 0) is 9.53 Å². The second kappa shape index (κ2) is 6.36. The summed E-state index contributed by atoms with van der Waals surface area (Å²) < 4.78 is 5.47. The van der Waals surface area contributed by atoms with Gasteiger partial charge in [-0.1, -0.05) is 20.8 Å². The Morgan fingerprint density at radius 1 is 1.53 bits per heavy atom. The van der Waals surface area contributed by atoms with Crippen molar-refractivity contribution in [2.75, 3.05) is 13.2 Å². The lowest BCUT2D eigenvalue weighted by molar-refractivity contribution is -0.124. The van der Waals surface area contributed by atoms with Gasteiger partial charge in [0.1, 0.15) is 0 Å². The number of nitrogens with one attached hydrogen (secondary N) is 1. The van der Waals surface area contributed by atoms with E-state index in [4.69, 9.17) is 10.5 Å². The molecule has 0 aliphatic carbocycles. The fraction of sp³-hybridized carbons (Fsp3) is 0.923. The monoisotopic (exact) mass is 242 g/mol. The van der Waals surface area contributed by atoms with Gasteiger partial charge in [0.25, 0.3) is 0 Å². The maximum atomic E-state index is 11.9. The fourth-order valence-electron chi connectivity index (χ4n) is 2.15. The molecule has 2 atom stereocenters. The first-order chi connectivity index (χ1) is 7.93. The average Bonchev–Trinajstić information content (AvgIpc) is 2.68. The molecule has 0 bridgehead atoms. The Morgan fingerprint density at radius 2 is 2.24 bits per heavy atom. The van der Waals surface area contributed by atoms with Gasteiger partial charge in [0, 0.05) is 12.6 Å². The Bertz CT molecular complexity index is 242. The quantitative estimate of drug-likeness (QED) is 0.766. The van der Waals surface area contributed by atoms with E-state index in [1.165, 1.54) is 0 Å². The van der Waals surface area contributed by atoms with Gasteiger partial charge in [-0.05, 0) is 31.2 Å². The van der Waals surface area contributed by atoms with E-state index in [1.807, 2.05) is 0 Å². The van der Waals surface area contributed by atoms with Crippen LogP contribution in [0, 0.1) is 5.41 Å². The second-order valence-electron chi connectivity index (χ2n) is 5.90. The lowest BCUT2D eigenvalue weighted by Gasteiger charge is -2.31. The van der Waals surface area contributed by atoms with Crippen LogP contribution in [0.25, 0.3) is 0 Å². The molecular weight excluding hydrogens is 216 g/mol. The van der Waals surface area contributed by atoms with Gasteiger partial charge in [-0.2, -0.15) is 0 Å². The van der Waals surface area contributed by atoms with E-state index in [1.54, 1.807) is 0 Å². The Balaban J connectivity index is 2.40. The summed E-state index contributed by atoms with van der Waals surface area (Å²) in [5.41, 5.74) is 5.64. The maximum Gasteiger partial charge on any atom is 0.222 e. The summed E-state index contributed by atoms with van der Waals surface area (Å²) in [5, 5.41) is 3.09. The number of nitrogens with two attached hydrogens (primary N) is 1. The molecule has 0 aromatic rings. The SMILES string of the molecule is CC(C)(C)C(CCN)NC(=O)CC1CCCO1. The third-order valence-corrected chi connectivity index (χ3v) is 3.27. The van der Waals surface area contributed by atoms with Gasteiger partial charge in [-0.3, -0.25) is 4.79 Å². The zero-order chi connectivity index (χ0) is 12.9. The summed E-state index contributed by atoms with van der Waals surface area (Å²) in [4.78, 5) is 11.9. The molecule has 1 aliphatic rings. The minimum absolute atomic E-state index is 0.0472. The third-order valence-electron chi connectivity index (χ3n) is 3.27. The van der Waals surface area contributed by atoms with Gasteiger partial charge < -0.3 is 15.8 Å². The third kappa shape index (κ3) is 5.04. The average molecular weight is 242 g/mol. The molecule has 1 rings (SSSR count). The molecule has 100 valence electrons. The van der Waals surface area contributed by atoms with Crippen molar-refractivity contribution in [3.05, 3.63) is 0 Å². The highest BCUT2D eigenvalue weighted by molar-refractivity contribution is 5.76. The molecule has 1 fully saturated rings. The molecule has 3 N–H and O–H groups in total. The minimum atomic E-state index is 0.0472. The van der Waals surface area contributed by atoms with E-state index in [0.717, 1.165) is 25.9 Å². The van der Waals surface area contributed by atoms with E-state index >= 15 is 0 Å². The molecule has 1 amide bonds. The van der Waals surface area contributed by atoms with Crippen LogP contribution in [0.1, 0.15) is 46.5 Å². The Morgan fingerprint density at radius 3 is 2.71 bits per heavy atom. The second-order valence-corrected chi connectivity index (χ2v) is 5.90. The lowest BCUT2D eigenvalue weighted by Crippen LogP contribution is -2.45. The predicted octanol–water partition coefficient (Wildman–Crippen LogP) is 1.44. The minimum Gasteiger partial charge on any atom is -0.378 e. The van der Waals surface area contributed by atoms with Gasteiger partial charge >= 0.3 is 0 Å². The number of rotatable bonds is 5. The zero-order valence-electron chi connectivity index (χ0n) is 11.3. The number of carbonyl (C=O) groups is 1. The van der Waals surface area contributed by atoms with E-state index < -0.39 is 0 Å². The van der Waals surface area contributed by atoms with Gasteiger partial charge in [0.15, 0.2) is 0 Å². The molecular formula is C13H26N2O2. The molecule has 1 aliphatic heterocycles. The molecule has 4 nitrogen and oxygen atoms in total. The first kappa shape index (κ1) is 14.5. The molecule has 1 saturated heterocycles. The number of hydrogen-bond acceptors (Lipinski definition) is 3. The van der Waals surface area contributed by atoms with Crippen molar-refractivity contribution < 1.29 is 9.53 Å². The van der Waals surface area contributed by atoms with E-state index in [-0.39, 0.29) is 23.5 Å². The highest BCUT2D eigenvalue weighted by Crippen LogP contribution is 2.22. The van der Waals surface area contributed by atoms with Crippen molar-refractivity contribution in [2.45, 2.75) is 58.6 Å². The Labute approximate surface area is 104 Å². The number of ether oxygens (including phenoxy) is 1. The molecule has 2 unspecified atom stereocenters. The topological polar surface area (TPSA) is 64.3 Å². The van der Waals surface area contributed by atoms with Crippen molar-refractivity contribution >= 4 is 5.91 Å². The normalized spacial score (nSPS) is 22.5. The number of carbonyl (C=O) groups excluding carboxylic acids is 1. The van der Waals surface area contributed by atoms with Crippen LogP contribution in [0.4, 0.5) is 0 Å². The Kier molecular flexibility index (Phi) is 5.40. The standard InChI is InChI=1S/C13H26N2O2/c1-13(2,3)11(6-7-14)15-12(16)9-10-5-4-8-17-10/h10-11H,4-9,14H2,1-3H3,(H,15,16). The van der Waals surface area contributed by atoms with Gasteiger partial charge in [-0.15, -0.1) is 0 Å². The largest absolute Gasteiger partial charge is 0.378 e. The highest BCUT2D eigenvalue weighted by Gasteiger charge is 2.27. The van der Waals surface area contributed by atoms with Crippen LogP contribution in [0.2, 0.25) is 0 Å². The summed E-state index contributed by atoms with van der Waals surface area (Å²) in [5.74, 6) is 0.0882. The van der Waals surface area contributed by atoms with Crippen LogP contribution >= 0.6 is 0 Å². The van der Waals surface area contributed by atoms with Crippen molar-refractivity contribution in [3.63, 3.8) is 0 Å². The van der Waals surface area contributed by atoms with Crippen LogP contribution in [0.5, 0.6) is 0 Å². The summed E-state index contributed by atoms with van der Waals surface area (Å²) >= 11 is 0. The predicted molar refractivity (Wildman–Crippen MR) is 68.6 cm³/mol. The molecule has 17 heavy (non-hydrogen) atoms. The van der Waals surface area contributed by atoms with E-state index in [9.17, 15) is 4.79 Å². The van der Waals surface area contributed by atoms with Crippen molar-refractivity contribution in [3.8, 4) is 0 Å². The van der Waals surface area contributed by atoms with Crippen LogP contribution in [-0.4, -0.2) is 31.2 Å². The van der Waals surface area contributed by atoms with E-state index in [2.05, 4.69) is 26.1 Å². The van der Waals surface area contributed by atoms with Crippen LogP contribution < -0.4 is 11.1 Å². The summed E-state index contributed by atoms with van der Waals surface area (Å²) in [7, 11) is 0. The van der Waals surface area contributed by atoms with Crippen molar-refractivity contribution in [1.29, 1.82) is 0 Å². The van der Waals surface area contributed by atoms with Crippen LogP contribution in [0.15, 0.2) is 0 Å². The maximum absolute atomic E-state index is 11.9. The Hall–Kier alpha value is -0.610. The molecule has 0 radical (unpaired) electrons. The molecule has 4 heteroatoms. The van der Waals surface area contributed by atoms with E-state index in [0.29, 0.717) is 13.0 Å². The van der Waals surface area contributed by atoms with Crippen molar-refractivity contribution in [2.24, 2.45) is 11.1 Å². The number of amides is 1. The summed E-state index contributed by atoms with van der Waals surface area (Å²) in [6.07, 6.45) is 3.50. The summed E-state index contributed by atoms with van der Waals surface area (Å²) in [6.45, 7) is 7.77. The highest BCUT2D eigenvalue weighted by atomic mass is 16.5. The van der Waals surface area contributed by atoms with Crippen LogP contribution in [0.3, 0.4) is 0 Å².